The predicted molar refractivity (Wildman–Crippen MR) is 73.4 cm³/mol. The molecule has 100 valence electrons. The highest BCUT2D eigenvalue weighted by molar-refractivity contribution is 5.86. The van der Waals surface area contributed by atoms with Crippen LogP contribution in [0.2, 0.25) is 0 Å². The van der Waals surface area contributed by atoms with Gasteiger partial charge in [0.25, 0.3) is 0 Å². The molecule has 0 amide bonds. The molecular formula is C15H18N2O2. The number of aromatic carboxylic acids is 1. The van der Waals surface area contributed by atoms with Crippen LogP contribution in [0, 0.1) is 0 Å². The molecule has 3 rings (SSSR count). The van der Waals surface area contributed by atoms with E-state index in [9.17, 15) is 4.79 Å². The van der Waals surface area contributed by atoms with E-state index in [0.717, 1.165) is 43.5 Å². The highest BCUT2D eigenvalue weighted by atomic mass is 16.4. The first kappa shape index (κ1) is 12.2. The Bertz CT molecular complexity index is 531. The maximum atomic E-state index is 10.9. The van der Waals surface area contributed by atoms with Gasteiger partial charge in [0.05, 0.1) is 0 Å². The van der Waals surface area contributed by atoms with Crippen LogP contribution in [-0.2, 0) is 12.8 Å². The summed E-state index contributed by atoms with van der Waals surface area (Å²) >= 11 is 0. The zero-order chi connectivity index (χ0) is 13.2. The Kier molecular flexibility index (Phi) is 3.25. The number of carbonyl (C=O) groups is 1. The number of hydrogen-bond acceptors (Lipinski definition) is 2. The van der Waals surface area contributed by atoms with Gasteiger partial charge in [-0.1, -0.05) is 18.2 Å². The van der Waals surface area contributed by atoms with Crippen molar-refractivity contribution in [2.45, 2.75) is 31.7 Å². The normalized spacial score (nSPS) is 21.3. The van der Waals surface area contributed by atoms with Crippen molar-refractivity contribution >= 4 is 5.97 Å². The van der Waals surface area contributed by atoms with Crippen molar-refractivity contribution in [2.24, 2.45) is 0 Å². The SMILES string of the molecule is O=C(O)c1cc2c([nH]1)CC(NCC1=CCCC=C1)C2. The van der Waals surface area contributed by atoms with E-state index in [4.69, 9.17) is 5.11 Å². The number of aromatic nitrogens is 1. The second-order valence-electron chi connectivity index (χ2n) is 5.24. The Hall–Kier alpha value is -1.81. The van der Waals surface area contributed by atoms with E-state index < -0.39 is 5.97 Å². The molecule has 1 unspecified atom stereocenters. The number of nitrogens with one attached hydrogen (secondary N) is 2. The van der Waals surface area contributed by atoms with Crippen molar-refractivity contribution in [3.63, 3.8) is 0 Å². The van der Waals surface area contributed by atoms with Crippen molar-refractivity contribution in [3.05, 3.63) is 46.8 Å². The molecular weight excluding hydrogens is 240 g/mol. The molecule has 1 aromatic heterocycles. The monoisotopic (exact) mass is 258 g/mol. The highest BCUT2D eigenvalue weighted by Gasteiger charge is 2.24. The van der Waals surface area contributed by atoms with Gasteiger partial charge in [-0.2, -0.15) is 0 Å². The number of carboxylic acid groups (broad SMARTS) is 1. The topological polar surface area (TPSA) is 65.1 Å². The summed E-state index contributed by atoms with van der Waals surface area (Å²) in [6, 6.07) is 2.18. The molecule has 19 heavy (non-hydrogen) atoms. The quantitative estimate of drug-likeness (QED) is 0.774. The number of fused-ring (bicyclic) bond motifs is 1. The summed E-state index contributed by atoms with van der Waals surface area (Å²) in [6.07, 6.45) is 10.8. The zero-order valence-electron chi connectivity index (χ0n) is 10.8. The molecule has 0 aliphatic heterocycles. The lowest BCUT2D eigenvalue weighted by Crippen LogP contribution is -2.31. The van der Waals surface area contributed by atoms with Gasteiger partial charge in [0.15, 0.2) is 0 Å². The predicted octanol–water partition coefficient (Wildman–Crippen LogP) is 2.05. The number of rotatable bonds is 4. The minimum Gasteiger partial charge on any atom is -0.477 e. The maximum absolute atomic E-state index is 10.9. The van der Waals surface area contributed by atoms with Gasteiger partial charge < -0.3 is 15.4 Å². The first-order chi connectivity index (χ1) is 9.22. The fraction of sp³-hybridized carbons (Fsp3) is 0.400. The van der Waals surface area contributed by atoms with Gasteiger partial charge in [0.1, 0.15) is 5.69 Å². The second-order valence-corrected chi connectivity index (χ2v) is 5.24. The summed E-state index contributed by atoms with van der Waals surface area (Å²) in [5.74, 6) is -0.878. The van der Waals surface area contributed by atoms with Crippen LogP contribution in [0.5, 0.6) is 0 Å². The second kappa shape index (κ2) is 5.05. The van der Waals surface area contributed by atoms with E-state index in [1.54, 1.807) is 6.07 Å². The third-order valence-electron chi connectivity index (χ3n) is 3.81. The number of H-pyrrole nitrogens is 1. The van der Waals surface area contributed by atoms with E-state index in [0.29, 0.717) is 11.7 Å². The summed E-state index contributed by atoms with van der Waals surface area (Å²) in [4.78, 5) is 13.9. The zero-order valence-corrected chi connectivity index (χ0v) is 10.8. The van der Waals surface area contributed by atoms with Crippen LogP contribution in [0.15, 0.2) is 29.9 Å². The van der Waals surface area contributed by atoms with Gasteiger partial charge in [0.2, 0.25) is 0 Å². The molecule has 0 bridgehead atoms. The van der Waals surface area contributed by atoms with Crippen LogP contribution in [0.3, 0.4) is 0 Å². The van der Waals surface area contributed by atoms with Crippen LogP contribution < -0.4 is 5.32 Å². The molecule has 1 atom stereocenters. The molecule has 4 heteroatoms. The third kappa shape index (κ3) is 2.63. The van der Waals surface area contributed by atoms with E-state index in [1.165, 1.54) is 5.57 Å². The minimum absolute atomic E-state index is 0.307. The summed E-state index contributed by atoms with van der Waals surface area (Å²) in [7, 11) is 0. The summed E-state index contributed by atoms with van der Waals surface area (Å²) in [5, 5.41) is 12.5. The average Bonchev–Trinajstić information content (AvgIpc) is 2.95. The minimum atomic E-state index is -0.878. The lowest BCUT2D eigenvalue weighted by atomic mass is 10.1. The first-order valence-corrected chi connectivity index (χ1v) is 6.75. The standard InChI is InChI=1S/C15H18N2O2/c18-15(19)14-7-11-6-12(8-13(11)17-14)16-9-10-4-2-1-3-5-10/h2,4-5,7,12,16-17H,1,3,6,8-9H2,(H,18,19). The smallest absolute Gasteiger partial charge is 0.352 e. The largest absolute Gasteiger partial charge is 0.477 e. The molecule has 0 saturated carbocycles. The Morgan fingerprint density at radius 3 is 3.00 bits per heavy atom. The van der Waals surface area contributed by atoms with Gasteiger partial charge in [0, 0.05) is 24.7 Å². The summed E-state index contributed by atoms with van der Waals surface area (Å²) in [5.41, 5.74) is 3.88. The fourth-order valence-corrected chi connectivity index (χ4v) is 2.81. The van der Waals surface area contributed by atoms with Crippen molar-refractivity contribution in [2.75, 3.05) is 6.54 Å². The molecule has 0 aromatic carbocycles. The highest BCUT2D eigenvalue weighted by Crippen LogP contribution is 2.23. The van der Waals surface area contributed by atoms with Gasteiger partial charge >= 0.3 is 5.97 Å². The fourth-order valence-electron chi connectivity index (χ4n) is 2.81. The summed E-state index contributed by atoms with van der Waals surface area (Å²) in [6.45, 7) is 0.900. The van der Waals surface area contributed by atoms with Crippen LogP contribution in [0.1, 0.15) is 34.6 Å². The van der Waals surface area contributed by atoms with Crippen molar-refractivity contribution in [1.82, 2.24) is 10.3 Å². The lowest BCUT2D eigenvalue weighted by molar-refractivity contribution is 0.0691. The molecule has 2 aliphatic carbocycles. The lowest BCUT2D eigenvalue weighted by Gasteiger charge is -2.14. The van der Waals surface area contributed by atoms with E-state index >= 15 is 0 Å². The number of allylic oxidation sites excluding steroid dienone is 2. The van der Waals surface area contributed by atoms with Gasteiger partial charge in [-0.05, 0) is 36.5 Å². The summed E-state index contributed by atoms with van der Waals surface area (Å²) < 4.78 is 0. The maximum Gasteiger partial charge on any atom is 0.352 e. The van der Waals surface area contributed by atoms with Gasteiger partial charge in [-0.25, -0.2) is 4.79 Å². The first-order valence-electron chi connectivity index (χ1n) is 6.75. The van der Waals surface area contributed by atoms with Crippen LogP contribution in [0.4, 0.5) is 0 Å². The van der Waals surface area contributed by atoms with Crippen LogP contribution in [-0.4, -0.2) is 28.6 Å². The molecule has 3 N–H and O–H groups in total. The third-order valence-corrected chi connectivity index (χ3v) is 3.81. The van der Waals surface area contributed by atoms with E-state index in [-0.39, 0.29) is 0 Å². The molecule has 2 aliphatic rings. The molecule has 0 saturated heterocycles. The Morgan fingerprint density at radius 1 is 1.42 bits per heavy atom. The molecule has 0 spiro atoms. The number of hydrogen-bond donors (Lipinski definition) is 3. The van der Waals surface area contributed by atoms with Crippen molar-refractivity contribution in [1.29, 1.82) is 0 Å². The Labute approximate surface area is 112 Å². The van der Waals surface area contributed by atoms with Gasteiger partial charge in [-0.3, -0.25) is 0 Å². The average molecular weight is 258 g/mol. The number of carboxylic acids is 1. The molecule has 0 fully saturated rings. The Balaban J connectivity index is 1.56. The van der Waals surface area contributed by atoms with Crippen LogP contribution >= 0.6 is 0 Å². The molecule has 4 nitrogen and oxygen atoms in total. The Morgan fingerprint density at radius 2 is 2.32 bits per heavy atom. The van der Waals surface area contributed by atoms with E-state index in [2.05, 4.69) is 28.5 Å². The van der Waals surface area contributed by atoms with Crippen molar-refractivity contribution < 1.29 is 9.90 Å². The molecule has 1 heterocycles. The molecule has 0 radical (unpaired) electrons. The van der Waals surface area contributed by atoms with Crippen molar-refractivity contribution in [3.8, 4) is 0 Å². The van der Waals surface area contributed by atoms with Gasteiger partial charge in [-0.15, -0.1) is 0 Å². The number of aromatic amines is 1. The van der Waals surface area contributed by atoms with E-state index in [1.807, 2.05) is 0 Å². The molecule has 1 aromatic rings. The van der Waals surface area contributed by atoms with Crippen LogP contribution in [0.25, 0.3) is 0 Å².